The van der Waals surface area contributed by atoms with Crippen molar-refractivity contribution in [2.24, 2.45) is 0 Å². The Hall–Kier alpha value is -1.48. The van der Waals surface area contributed by atoms with Crippen LogP contribution in [0.5, 0.6) is 0 Å². The standard InChI is InChI=1S/C16H19N3O2S3/c1-3-13-6-7-16(23-13)24(20,21)17-8-9-19-12(2)11-14(18-19)15-5-4-10-22-15/h4-7,10-11,17H,3,8-9H2,1-2H3. The molecule has 0 atom stereocenters. The molecule has 0 spiro atoms. The van der Waals surface area contributed by atoms with Gasteiger partial charge in [0.15, 0.2) is 0 Å². The second-order valence-corrected chi connectivity index (χ2v) is 9.45. The number of aromatic nitrogens is 2. The Kier molecular flexibility index (Phi) is 5.19. The molecule has 0 fully saturated rings. The van der Waals surface area contributed by atoms with Gasteiger partial charge in [0.2, 0.25) is 10.0 Å². The van der Waals surface area contributed by atoms with Gasteiger partial charge in [-0.15, -0.1) is 22.7 Å². The van der Waals surface area contributed by atoms with Gasteiger partial charge in [-0.05, 0) is 43.0 Å². The van der Waals surface area contributed by atoms with E-state index in [2.05, 4.69) is 9.82 Å². The fourth-order valence-electron chi connectivity index (χ4n) is 2.33. The van der Waals surface area contributed by atoms with Gasteiger partial charge in [0.1, 0.15) is 9.90 Å². The zero-order valence-corrected chi connectivity index (χ0v) is 16.0. The lowest BCUT2D eigenvalue weighted by molar-refractivity contribution is 0.558. The minimum absolute atomic E-state index is 0.314. The molecule has 3 heterocycles. The summed E-state index contributed by atoms with van der Waals surface area (Å²) in [4.78, 5) is 2.18. The molecule has 1 N–H and O–H groups in total. The van der Waals surface area contributed by atoms with E-state index in [0.717, 1.165) is 27.6 Å². The molecule has 0 aliphatic rings. The molecule has 5 nitrogen and oxygen atoms in total. The number of aryl methyl sites for hydroxylation is 2. The third-order valence-electron chi connectivity index (χ3n) is 3.62. The molecule has 0 saturated heterocycles. The molecule has 0 bridgehead atoms. The van der Waals surface area contributed by atoms with Crippen LogP contribution < -0.4 is 4.72 Å². The minimum atomic E-state index is -3.44. The quantitative estimate of drug-likeness (QED) is 0.681. The highest BCUT2D eigenvalue weighted by Gasteiger charge is 2.16. The van der Waals surface area contributed by atoms with Gasteiger partial charge >= 0.3 is 0 Å². The Bertz CT molecular complexity index is 908. The maximum Gasteiger partial charge on any atom is 0.250 e. The van der Waals surface area contributed by atoms with E-state index in [1.54, 1.807) is 17.4 Å². The van der Waals surface area contributed by atoms with Crippen LogP contribution in [0.4, 0.5) is 0 Å². The van der Waals surface area contributed by atoms with E-state index in [1.807, 2.05) is 48.2 Å². The highest BCUT2D eigenvalue weighted by Crippen LogP contribution is 2.24. The zero-order valence-electron chi connectivity index (χ0n) is 13.5. The molecule has 24 heavy (non-hydrogen) atoms. The average molecular weight is 382 g/mol. The molecule has 0 amide bonds. The largest absolute Gasteiger partial charge is 0.268 e. The van der Waals surface area contributed by atoms with Crippen molar-refractivity contribution in [1.82, 2.24) is 14.5 Å². The number of nitrogens with one attached hydrogen (secondary N) is 1. The monoisotopic (exact) mass is 381 g/mol. The van der Waals surface area contributed by atoms with Gasteiger partial charge in [-0.2, -0.15) is 5.10 Å². The van der Waals surface area contributed by atoms with Crippen LogP contribution in [0.3, 0.4) is 0 Å². The Balaban J connectivity index is 1.64. The van der Waals surface area contributed by atoms with E-state index < -0.39 is 10.0 Å². The maximum atomic E-state index is 12.3. The minimum Gasteiger partial charge on any atom is -0.268 e. The van der Waals surface area contributed by atoms with E-state index in [0.29, 0.717) is 17.3 Å². The number of thiophene rings is 2. The van der Waals surface area contributed by atoms with Crippen molar-refractivity contribution in [3.05, 3.63) is 46.3 Å². The first-order chi connectivity index (χ1) is 11.5. The first-order valence-electron chi connectivity index (χ1n) is 7.66. The smallest absolute Gasteiger partial charge is 0.250 e. The highest BCUT2D eigenvalue weighted by molar-refractivity contribution is 7.91. The maximum absolute atomic E-state index is 12.3. The molecular formula is C16H19N3O2S3. The summed E-state index contributed by atoms with van der Waals surface area (Å²) < 4.78 is 29.5. The van der Waals surface area contributed by atoms with Gasteiger partial charge in [-0.1, -0.05) is 13.0 Å². The first kappa shape index (κ1) is 17.3. The molecule has 8 heteroatoms. The van der Waals surface area contributed by atoms with E-state index in [1.165, 1.54) is 11.3 Å². The lowest BCUT2D eigenvalue weighted by atomic mass is 10.3. The molecule has 0 aliphatic carbocycles. The number of rotatable bonds is 7. The van der Waals surface area contributed by atoms with Crippen LogP contribution in [0, 0.1) is 6.92 Å². The van der Waals surface area contributed by atoms with Crippen LogP contribution in [0.1, 0.15) is 17.5 Å². The van der Waals surface area contributed by atoms with Crippen LogP contribution in [0.15, 0.2) is 39.9 Å². The highest BCUT2D eigenvalue weighted by atomic mass is 32.2. The Morgan fingerprint density at radius 3 is 2.79 bits per heavy atom. The molecular weight excluding hydrogens is 362 g/mol. The van der Waals surface area contributed by atoms with E-state index in [-0.39, 0.29) is 0 Å². The van der Waals surface area contributed by atoms with Crippen molar-refractivity contribution >= 4 is 32.7 Å². The van der Waals surface area contributed by atoms with Gasteiger partial charge in [0, 0.05) is 17.1 Å². The lowest BCUT2D eigenvalue weighted by Gasteiger charge is -2.06. The predicted octanol–water partition coefficient (Wildman–Crippen LogP) is 3.52. The van der Waals surface area contributed by atoms with Crippen LogP contribution in [-0.4, -0.2) is 24.7 Å². The Morgan fingerprint density at radius 1 is 1.29 bits per heavy atom. The summed E-state index contributed by atoms with van der Waals surface area (Å²) in [6, 6.07) is 9.58. The van der Waals surface area contributed by atoms with Crippen LogP contribution in [-0.2, 0) is 23.0 Å². The van der Waals surface area contributed by atoms with Crippen molar-refractivity contribution < 1.29 is 8.42 Å². The van der Waals surface area contributed by atoms with Crippen molar-refractivity contribution in [1.29, 1.82) is 0 Å². The second kappa shape index (κ2) is 7.18. The number of sulfonamides is 1. The van der Waals surface area contributed by atoms with Crippen LogP contribution >= 0.6 is 22.7 Å². The van der Waals surface area contributed by atoms with Gasteiger partial charge in [-0.25, -0.2) is 13.1 Å². The number of hydrogen-bond acceptors (Lipinski definition) is 5. The molecule has 0 radical (unpaired) electrons. The molecule has 0 saturated carbocycles. The average Bonchev–Trinajstić information content (AvgIpc) is 3.28. The fourth-order valence-corrected chi connectivity index (χ4v) is 5.37. The summed E-state index contributed by atoms with van der Waals surface area (Å²) in [5.41, 5.74) is 1.94. The van der Waals surface area contributed by atoms with Crippen LogP contribution in [0.2, 0.25) is 0 Å². The third-order valence-corrected chi connectivity index (χ3v) is 7.70. The summed E-state index contributed by atoms with van der Waals surface area (Å²) in [6.07, 6.45) is 0.845. The van der Waals surface area contributed by atoms with E-state index in [4.69, 9.17) is 0 Å². The van der Waals surface area contributed by atoms with Gasteiger partial charge in [0.05, 0.1) is 11.4 Å². The van der Waals surface area contributed by atoms with Gasteiger partial charge in [-0.3, -0.25) is 4.68 Å². The van der Waals surface area contributed by atoms with Gasteiger partial charge < -0.3 is 0 Å². The number of hydrogen-bond donors (Lipinski definition) is 1. The molecule has 3 aromatic heterocycles. The topological polar surface area (TPSA) is 64.0 Å². The molecule has 0 unspecified atom stereocenters. The molecule has 3 rings (SSSR count). The molecule has 0 aromatic carbocycles. The normalized spacial score (nSPS) is 11.9. The number of nitrogens with zero attached hydrogens (tertiary/aromatic N) is 2. The molecule has 3 aromatic rings. The molecule has 128 valence electrons. The van der Waals surface area contributed by atoms with Crippen molar-refractivity contribution in [3.63, 3.8) is 0 Å². The van der Waals surface area contributed by atoms with Crippen LogP contribution in [0.25, 0.3) is 10.6 Å². The Morgan fingerprint density at radius 2 is 2.12 bits per heavy atom. The van der Waals surface area contributed by atoms with E-state index in [9.17, 15) is 8.42 Å². The summed E-state index contributed by atoms with van der Waals surface area (Å²) >= 11 is 2.96. The van der Waals surface area contributed by atoms with Crippen molar-refractivity contribution in [2.45, 2.75) is 31.0 Å². The summed E-state index contributed by atoms with van der Waals surface area (Å²) in [7, 11) is -3.44. The SMILES string of the molecule is CCc1ccc(S(=O)(=O)NCCn2nc(-c3cccs3)cc2C)s1. The predicted molar refractivity (Wildman–Crippen MR) is 99.2 cm³/mol. The first-order valence-corrected chi connectivity index (χ1v) is 10.8. The second-order valence-electron chi connectivity index (χ2n) is 5.34. The third kappa shape index (κ3) is 3.77. The summed E-state index contributed by atoms with van der Waals surface area (Å²) in [5.74, 6) is 0. The zero-order chi connectivity index (χ0) is 17.2. The van der Waals surface area contributed by atoms with Crippen molar-refractivity contribution in [3.8, 4) is 10.6 Å². The molecule has 0 aliphatic heterocycles. The van der Waals surface area contributed by atoms with Crippen molar-refractivity contribution in [2.75, 3.05) is 6.54 Å². The lowest BCUT2D eigenvalue weighted by Crippen LogP contribution is -2.27. The van der Waals surface area contributed by atoms with E-state index >= 15 is 0 Å². The fraction of sp³-hybridized carbons (Fsp3) is 0.312. The Labute approximate surface area is 150 Å². The van der Waals surface area contributed by atoms with Gasteiger partial charge in [0.25, 0.3) is 0 Å². The summed E-state index contributed by atoms with van der Waals surface area (Å²) in [6.45, 7) is 4.81. The summed E-state index contributed by atoms with van der Waals surface area (Å²) in [5, 5.41) is 6.57.